The number of amides is 1. The lowest BCUT2D eigenvalue weighted by molar-refractivity contribution is 0.0946. The Kier molecular flexibility index (Phi) is 4.04. The number of H-pyrrole nitrogens is 2. The summed E-state index contributed by atoms with van der Waals surface area (Å²) in [5.74, 6) is -0.433. The number of aryl methyl sites for hydroxylation is 2. The van der Waals surface area contributed by atoms with Crippen LogP contribution in [0.2, 0.25) is 0 Å². The maximum absolute atomic E-state index is 12.3. The summed E-state index contributed by atoms with van der Waals surface area (Å²) in [5, 5.41) is 3.21. The predicted molar refractivity (Wildman–Crippen MR) is 92.3 cm³/mol. The Balaban J connectivity index is 1.86. The van der Waals surface area contributed by atoms with Crippen LogP contribution in [0.3, 0.4) is 0 Å². The number of aromatic amines is 2. The molecular formula is C18H17N3O3. The molecule has 122 valence electrons. The standard InChI is InChI=1S/C18H17N3O3/c1-10-7-11(2)20-17(23)13(10)9-19-18(24)15-8-16(22)12-5-3-4-6-14(12)21-15/h3-8H,9H2,1-2H3,(H,19,24)(H,20,23)(H,21,22). The summed E-state index contributed by atoms with van der Waals surface area (Å²) in [5.41, 5.74) is 2.39. The SMILES string of the molecule is Cc1cc(C)c(CNC(=O)c2cc(=O)c3ccccc3[nH]2)c(=O)[nH]1. The Labute approximate surface area is 137 Å². The molecule has 3 rings (SSSR count). The highest BCUT2D eigenvalue weighted by atomic mass is 16.2. The zero-order valence-electron chi connectivity index (χ0n) is 13.4. The minimum atomic E-state index is -0.433. The van der Waals surface area contributed by atoms with Crippen LogP contribution in [0, 0.1) is 13.8 Å². The molecule has 3 N–H and O–H groups in total. The Morgan fingerprint density at radius 1 is 1.08 bits per heavy atom. The van der Waals surface area contributed by atoms with Crippen molar-refractivity contribution >= 4 is 16.8 Å². The fraction of sp³-hybridized carbons (Fsp3) is 0.167. The first-order valence-electron chi connectivity index (χ1n) is 7.55. The first kappa shape index (κ1) is 15.7. The molecular weight excluding hydrogens is 306 g/mol. The van der Waals surface area contributed by atoms with E-state index in [2.05, 4.69) is 15.3 Å². The summed E-state index contributed by atoms with van der Waals surface area (Å²) >= 11 is 0. The number of carbonyl (C=O) groups is 1. The number of aromatic nitrogens is 2. The Morgan fingerprint density at radius 3 is 2.58 bits per heavy atom. The number of fused-ring (bicyclic) bond motifs is 1. The molecule has 6 heteroatoms. The summed E-state index contributed by atoms with van der Waals surface area (Å²) in [4.78, 5) is 42.0. The molecule has 0 saturated carbocycles. The third kappa shape index (κ3) is 2.99. The molecule has 2 aromatic heterocycles. The van der Waals surface area contributed by atoms with Gasteiger partial charge in [-0.1, -0.05) is 12.1 Å². The Morgan fingerprint density at radius 2 is 1.83 bits per heavy atom. The molecule has 0 atom stereocenters. The monoisotopic (exact) mass is 323 g/mol. The number of para-hydroxylation sites is 1. The largest absolute Gasteiger partial charge is 0.350 e. The number of nitrogens with one attached hydrogen (secondary N) is 3. The van der Waals surface area contributed by atoms with Gasteiger partial charge in [0.15, 0.2) is 5.43 Å². The molecule has 0 aliphatic heterocycles. The molecule has 6 nitrogen and oxygen atoms in total. The molecule has 0 fully saturated rings. The van der Waals surface area contributed by atoms with Gasteiger partial charge >= 0.3 is 0 Å². The van der Waals surface area contributed by atoms with E-state index in [0.29, 0.717) is 16.5 Å². The molecule has 0 radical (unpaired) electrons. The minimum absolute atomic E-state index is 0.0924. The number of carbonyl (C=O) groups excluding carboxylic acids is 1. The van der Waals surface area contributed by atoms with Crippen LogP contribution in [-0.2, 0) is 6.54 Å². The van der Waals surface area contributed by atoms with Crippen LogP contribution < -0.4 is 16.3 Å². The first-order chi connectivity index (χ1) is 11.5. The maximum Gasteiger partial charge on any atom is 0.268 e. The lowest BCUT2D eigenvalue weighted by Gasteiger charge is -2.09. The van der Waals surface area contributed by atoms with Gasteiger partial charge in [0.2, 0.25) is 0 Å². The average Bonchev–Trinajstić information content (AvgIpc) is 2.53. The van der Waals surface area contributed by atoms with Crippen LogP contribution in [0.5, 0.6) is 0 Å². The summed E-state index contributed by atoms with van der Waals surface area (Å²) in [6, 6.07) is 10.1. The normalized spacial score (nSPS) is 10.8. The third-order valence-corrected chi connectivity index (χ3v) is 3.90. The Hall–Kier alpha value is -3.15. The number of pyridine rings is 2. The molecule has 3 aromatic rings. The van der Waals surface area contributed by atoms with Gasteiger partial charge < -0.3 is 15.3 Å². The second kappa shape index (κ2) is 6.16. The van der Waals surface area contributed by atoms with Gasteiger partial charge in [0.05, 0.1) is 0 Å². The smallest absolute Gasteiger partial charge is 0.268 e. The quantitative estimate of drug-likeness (QED) is 0.685. The van der Waals surface area contributed by atoms with Crippen molar-refractivity contribution < 1.29 is 4.79 Å². The number of hydrogen-bond acceptors (Lipinski definition) is 3. The predicted octanol–water partition coefficient (Wildman–Crippen LogP) is 1.76. The topological polar surface area (TPSA) is 94.8 Å². The van der Waals surface area contributed by atoms with E-state index in [9.17, 15) is 14.4 Å². The fourth-order valence-electron chi connectivity index (χ4n) is 2.68. The van der Waals surface area contributed by atoms with Crippen molar-refractivity contribution in [3.05, 3.63) is 79.5 Å². The summed E-state index contributed by atoms with van der Waals surface area (Å²) in [6.45, 7) is 3.72. The van der Waals surface area contributed by atoms with Crippen molar-refractivity contribution in [2.24, 2.45) is 0 Å². The van der Waals surface area contributed by atoms with Crippen molar-refractivity contribution in [3.8, 4) is 0 Å². The molecule has 0 saturated heterocycles. The van der Waals surface area contributed by atoms with Gasteiger partial charge in [0, 0.05) is 34.8 Å². The van der Waals surface area contributed by atoms with Crippen molar-refractivity contribution in [3.63, 3.8) is 0 Å². The molecule has 0 spiro atoms. The van der Waals surface area contributed by atoms with E-state index in [4.69, 9.17) is 0 Å². The molecule has 1 aromatic carbocycles. The van der Waals surface area contributed by atoms with Crippen LogP contribution in [0.1, 0.15) is 27.3 Å². The second-order valence-electron chi connectivity index (χ2n) is 5.72. The van der Waals surface area contributed by atoms with Gasteiger partial charge in [-0.2, -0.15) is 0 Å². The maximum atomic E-state index is 12.3. The van der Waals surface area contributed by atoms with E-state index < -0.39 is 5.91 Å². The van der Waals surface area contributed by atoms with Crippen LogP contribution in [-0.4, -0.2) is 15.9 Å². The van der Waals surface area contributed by atoms with E-state index in [1.54, 1.807) is 31.2 Å². The lowest BCUT2D eigenvalue weighted by Crippen LogP contribution is -2.29. The molecule has 2 heterocycles. The minimum Gasteiger partial charge on any atom is -0.350 e. The lowest BCUT2D eigenvalue weighted by atomic mass is 10.1. The van der Waals surface area contributed by atoms with E-state index >= 15 is 0 Å². The average molecular weight is 323 g/mol. The Bertz CT molecular complexity index is 1050. The fourth-order valence-corrected chi connectivity index (χ4v) is 2.68. The van der Waals surface area contributed by atoms with E-state index in [1.807, 2.05) is 13.0 Å². The molecule has 0 bridgehead atoms. The van der Waals surface area contributed by atoms with Gasteiger partial charge in [0.25, 0.3) is 11.5 Å². The highest BCUT2D eigenvalue weighted by Gasteiger charge is 2.11. The van der Waals surface area contributed by atoms with Crippen molar-refractivity contribution in [1.29, 1.82) is 0 Å². The zero-order chi connectivity index (χ0) is 17.3. The van der Waals surface area contributed by atoms with Crippen LogP contribution >= 0.6 is 0 Å². The van der Waals surface area contributed by atoms with Crippen LogP contribution in [0.25, 0.3) is 10.9 Å². The van der Waals surface area contributed by atoms with Crippen molar-refractivity contribution in [2.75, 3.05) is 0 Å². The number of rotatable bonds is 3. The number of benzene rings is 1. The summed E-state index contributed by atoms with van der Waals surface area (Å²) in [6.07, 6.45) is 0. The third-order valence-electron chi connectivity index (χ3n) is 3.90. The van der Waals surface area contributed by atoms with E-state index in [-0.39, 0.29) is 23.2 Å². The van der Waals surface area contributed by atoms with Crippen molar-refractivity contribution in [2.45, 2.75) is 20.4 Å². The molecule has 0 aliphatic rings. The highest BCUT2D eigenvalue weighted by Crippen LogP contribution is 2.08. The van der Waals surface area contributed by atoms with Gasteiger partial charge in [-0.15, -0.1) is 0 Å². The number of hydrogen-bond donors (Lipinski definition) is 3. The van der Waals surface area contributed by atoms with Gasteiger partial charge in [-0.3, -0.25) is 14.4 Å². The summed E-state index contributed by atoms with van der Waals surface area (Å²) in [7, 11) is 0. The van der Waals surface area contributed by atoms with Crippen LogP contribution in [0.15, 0.2) is 46.0 Å². The molecule has 0 aliphatic carbocycles. The molecule has 1 amide bonds. The highest BCUT2D eigenvalue weighted by molar-refractivity contribution is 5.94. The van der Waals surface area contributed by atoms with Crippen LogP contribution in [0.4, 0.5) is 0 Å². The van der Waals surface area contributed by atoms with Gasteiger partial charge in [0.1, 0.15) is 5.69 Å². The van der Waals surface area contributed by atoms with E-state index in [0.717, 1.165) is 11.3 Å². The van der Waals surface area contributed by atoms with Gasteiger partial charge in [-0.25, -0.2) is 0 Å². The van der Waals surface area contributed by atoms with E-state index in [1.165, 1.54) is 6.07 Å². The first-order valence-corrected chi connectivity index (χ1v) is 7.55. The zero-order valence-corrected chi connectivity index (χ0v) is 13.4. The molecule has 24 heavy (non-hydrogen) atoms. The van der Waals surface area contributed by atoms with Gasteiger partial charge in [-0.05, 0) is 37.6 Å². The van der Waals surface area contributed by atoms with Crippen molar-refractivity contribution in [1.82, 2.24) is 15.3 Å². The molecule has 0 unspecified atom stereocenters. The summed E-state index contributed by atoms with van der Waals surface area (Å²) < 4.78 is 0. The second-order valence-corrected chi connectivity index (χ2v) is 5.72.